The quantitative estimate of drug-likeness (QED) is 0.624. The highest BCUT2D eigenvalue weighted by Crippen LogP contribution is 2.38. The summed E-state index contributed by atoms with van der Waals surface area (Å²) in [5.74, 6) is -0.228. The standard InChI is InChI=1S/C18H35NO4/c1-6-17(4)13-15(9-11-23-17)18(5,21)14-16(20)22-12-10-19(7-2)8-3/h15,21H,6-14H2,1-5H3/p+1/t15-,17-,18+/m0/s1. The lowest BCUT2D eigenvalue weighted by Gasteiger charge is -2.43. The Hall–Kier alpha value is -0.650. The van der Waals surface area contributed by atoms with Crippen LogP contribution in [0.3, 0.4) is 0 Å². The van der Waals surface area contributed by atoms with Crippen LogP contribution in [-0.4, -0.2) is 55.1 Å². The molecule has 1 aliphatic rings. The molecule has 0 bridgehead atoms. The number of carbonyl (C=O) groups is 1. The molecule has 0 unspecified atom stereocenters. The van der Waals surface area contributed by atoms with Gasteiger partial charge in [0.15, 0.2) is 0 Å². The summed E-state index contributed by atoms with van der Waals surface area (Å²) < 4.78 is 11.2. The first-order valence-electron chi connectivity index (χ1n) is 9.11. The number of hydrogen-bond acceptors (Lipinski definition) is 4. The third-order valence-electron chi connectivity index (χ3n) is 5.44. The fraction of sp³-hybridized carbons (Fsp3) is 0.944. The van der Waals surface area contributed by atoms with Gasteiger partial charge in [-0.3, -0.25) is 4.79 Å². The topological polar surface area (TPSA) is 60.2 Å². The Bertz CT molecular complexity index is 368. The highest BCUT2D eigenvalue weighted by atomic mass is 16.5. The summed E-state index contributed by atoms with van der Waals surface area (Å²) in [5.41, 5.74) is -1.22. The summed E-state index contributed by atoms with van der Waals surface area (Å²) in [7, 11) is 0. The molecular weight excluding hydrogens is 294 g/mol. The Morgan fingerprint density at radius 2 is 2.04 bits per heavy atom. The molecule has 5 nitrogen and oxygen atoms in total. The Labute approximate surface area is 141 Å². The van der Waals surface area contributed by atoms with Gasteiger partial charge in [-0.1, -0.05) is 6.92 Å². The van der Waals surface area contributed by atoms with Gasteiger partial charge in [-0.05, 0) is 52.9 Å². The molecule has 2 N–H and O–H groups in total. The second kappa shape index (κ2) is 9.00. The van der Waals surface area contributed by atoms with Crippen LogP contribution in [0.15, 0.2) is 0 Å². The predicted molar refractivity (Wildman–Crippen MR) is 90.5 cm³/mol. The monoisotopic (exact) mass is 330 g/mol. The molecule has 1 aliphatic heterocycles. The molecule has 0 aromatic rings. The summed E-state index contributed by atoms with van der Waals surface area (Å²) in [6, 6.07) is 0. The molecule has 1 rings (SSSR count). The largest absolute Gasteiger partial charge is 0.460 e. The van der Waals surface area contributed by atoms with Crippen molar-refractivity contribution in [2.45, 2.75) is 71.5 Å². The van der Waals surface area contributed by atoms with Crippen LogP contribution in [0.1, 0.15) is 60.3 Å². The number of esters is 1. The first-order chi connectivity index (χ1) is 10.8. The van der Waals surface area contributed by atoms with Crippen molar-refractivity contribution in [2.75, 3.05) is 32.8 Å². The minimum Gasteiger partial charge on any atom is -0.460 e. The molecule has 0 amide bonds. The Balaban J connectivity index is 2.45. The molecule has 23 heavy (non-hydrogen) atoms. The zero-order chi connectivity index (χ0) is 17.5. The van der Waals surface area contributed by atoms with E-state index >= 15 is 0 Å². The van der Waals surface area contributed by atoms with Crippen molar-refractivity contribution in [2.24, 2.45) is 5.92 Å². The summed E-state index contributed by atoms with van der Waals surface area (Å²) in [4.78, 5) is 13.5. The van der Waals surface area contributed by atoms with Gasteiger partial charge < -0.3 is 19.5 Å². The van der Waals surface area contributed by atoms with Crippen LogP contribution in [0.5, 0.6) is 0 Å². The van der Waals surface area contributed by atoms with Gasteiger partial charge in [0.2, 0.25) is 0 Å². The molecular formula is C18H36NO4+. The van der Waals surface area contributed by atoms with E-state index in [1.165, 1.54) is 4.90 Å². The van der Waals surface area contributed by atoms with E-state index in [9.17, 15) is 9.90 Å². The van der Waals surface area contributed by atoms with Crippen molar-refractivity contribution < 1.29 is 24.3 Å². The Morgan fingerprint density at radius 3 is 2.61 bits per heavy atom. The van der Waals surface area contributed by atoms with E-state index in [2.05, 4.69) is 27.7 Å². The van der Waals surface area contributed by atoms with Gasteiger partial charge in [0.25, 0.3) is 0 Å². The van der Waals surface area contributed by atoms with Crippen molar-refractivity contribution in [3.8, 4) is 0 Å². The van der Waals surface area contributed by atoms with E-state index in [4.69, 9.17) is 9.47 Å². The van der Waals surface area contributed by atoms with Crippen molar-refractivity contribution in [1.82, 2.24) is 0 Å². The van der Waals surface area contributed by atoms with E-state index in [1.807, 2.05) is 0 Å². The molecule has 1 heterocycles. The smallest absolute Gasteiger partial charge is 0.308 e. The minimum atomic E-state index is -1.03. The summed E-state index contributed by atoms with van der Waals surface area (Å²) in [6.07, 6.45) is 2.55. The average molecular weight is 330 g/mol. The van der Waals surface area contributed by atoms with Crippen molar-refractivity contribution in [1.29, 1.82) is 0 Å². The summed E-state index contributed by atoms with van der Waals surface area (Å²) in [6.45, 7) is 14.1. The zero-order valence-corrected chi connectivity index (χ0v) is 15.6. The van der Waals surface area contributed by atoms with E-state index in [0.29, 0.717) is 13.2 Å². The molecule has 136 valence electrons. The number of aliphatic hydroxyl groups is 1. The van der Waals surface area contributed by atoms with Gasteiger partial charge in [-0.15, -0.1) is 0 Å². The number of nitrogens with one attached hydrogen (secondary N) is 1. The minimum absolute atomic E-state index is 0.0606. The maximum Gasteiger partial charge on any atom is 0.308 e. The molecule has 0 aromatic heterocycles. The lowest BCUT2D eigenvalue weighted by Crippen LogP contribution is -3.11. The highest BCUT2D eigenvalue weighted by molar-refractivity contribution is 5.70. The second-order valence-corrected chi connectivity index (χ2v) is 7.30. The van der Waals surface area contributed by atoms with Crippen molar-refractivity contribution in [3.05, 3.63) is 0 Å². The third kappa shape index (κ3) is 6.40. The lowest BCUT2D eigenvalue weighted by atomic mass is 9.75. The van der Waals surface area contributed by atoms with Crippen LogP contribution in [0, 0.1) is 5.92 Å². The zero-order valence-electron chi connectivity index (χ0n) is 15.6. The Morgan fingerprint density at radius 1 is 1.39 bits per heavy atom. The third-order valence-corrected chi connectivity index (χ3v) is 5.44. The highest BCUT2D eigenvalue weighted by Gasteiger charge is 2.42. The van der Waals surface area contributed by atoms with Crippen LogP contribution < -0.4 is 4.90 Å². The van der Waals surface area contributed by atoms with E-state index in [1.54, 1.807) is 6.92 Å². The molecule has 0 spiro atoms. The Kier molecular flexibility index (Phi) is 7.98. The van der Waals surface area contributed by atoms with Gasteiger partial charge in [-0.2, -0.15) is 0 Å². The van der Waals surface area contributed by atoms with Gasteiger partial charge in [0, 0.05) is 6.61 Å². The first kappa shape index (κ1) is 20.4. The van der Waals surface area contributed by atoms with Crippen LogP contribution in [0.2, 0.25) is 0 Å². The van der Waals surface area contributed by atoms with Gasteiger partial charge >= 0.3 is 5.97 Å². The number of ether oxygens (including phenoxy) is 2. The van der Waals surface area contributed by atoms with Gasteiger partial charge in [0.05, 0.1) is 30.7 Å². The molecule has 1 saturated heterocycles. The fourth-order valence-corrected chi connectivity index (χ4v) is 3.31. The number of quaternary nitrogens is 1. The first-order valence-corrected chi connectivity index (χ1v) is 9.11. The summed E-state index contributed by atoms with van der Waals surface area (Å²) in [5, 5.41) is 10.8. The molecule has 5 heteroatoms. The van der Waals surface area contributed by atoms with Gasteiger partial charge in [-0.25, -0.2) is 0 Å². The normalized spacial score (nSPS) is 27.7. The molecule has 3 atom stereocenters. The number of likely N-dealkylation sites (N-methyl/N-ethyl adjacent to an activating group) is 1. The van der Waals surface area contributed by atoms with Crippen molar-refractivity contribution in [3.63, 3.8) is 0 Å². The maximum atomic E-state index is 12.1. The van der Waals surface area contributed by atoms with Gasteiger partial charge in [0.1, 0.15) is 13.2 Å². The molecule has 0 saturated carbocycles. The molecule has 0 aromatic carbocycles. The van der Waals surface area contributed by atoms with E-state index in [0.717, 1.165) is 38.9 Å². The molecule has 0 radical (unpaired) electrons. The second-order valence-electron chi connectivity index (χ2n) is 7.30. The van der Waals surface area contributed by atoms with Crippen molar-refractivity contribution >= 4 is 5.97 Å². The lowest BCUT2D eigenvalue weighted by molar-refractivity contribution is -0.896. The number of hydrogen-bond donors (Lipinski definition) is 2. The summed E-state index contributed by atoms with van der Waals surface area (Å²) >= 11 is 0. The maximum absolute atomic E-state index is 12.1. The number of carbonyl (C=O) groups excluding carboxylic acids is 1. The SMILES string of the molecule is CC[NH+](CC)CCOC(=O)C[C@@](C)(O)[C@H]1CCO[C@@](C)(CC)C1. The average Bonchev–Trinajstić information content (AvgIpc) is 2.51. The van der Waals surface area contributed by atoms with Crippen LogP contribution >= 0.6 is 0 Å². The molecule has 0 aliphatic carbocycles. The molecule has 1 fully saturated rings. The van der Waals surface area contributed by atoms with Crippen LogP contribution in [0.25, 0.3) is 0 Å². The van der Waals surface area contributed by atoms with Crippen LogP contribution in [0.4, 0.5) is 0 Å². The van der Waals surface area contributed by atoms with E-state index in [-0.39, 0.29) is 23.9 Å². The predicted octanol–water partition coefficient (Wildman–Crippen LogP) is 1.19. The van der Waals surface area contributed by atoms with E-state index < -0.39 is 5.60 Å². The van der Waals surface area contributed by atoms with Crippen LogP contribution in [-0.2, 0) is 14.3 Å². The fourth-order valence-electron chi connectivity index (χ4n) is 3.31. The number of rotatable bonds is 9.